The van der Waals surface area contributed by atoms with E-state index in [0.717, 1.165) is 22.7 Å². The Hall–Kier alpha value is -3.26. The fourth-order valence-corrected chi connectivity index (χ4v) is 4.48. The predicted molar refractivity (Wildman–Crippen MR) is 106 cm³/mol. The summed E-state index contributed by atoms with van der Waals surface area (Å²) in [7, 11) is 0. The van der Waals surface area contributed by atoms with Gasteiger partial charge in [-0.2, -0.15) is 0 Å². The van der Waals surface area contributed by atoms with Gasteiger partial charge in [-0.3, -0.25) is 14.0 Å². The van der Waals surface area contributed by atoms with Crippen molar-refractivity contribution in [3.63, 3.8) is 0 Å². The minimum absolute atomic E-state index is 0.101. The van der Waals surface area contributed by atoms with Gasteiger partial charge in [0.1, 0.15) is 5.56 Å². The molecule has 1 amide bonds. The van der Waals surface area contributed by atoms with Crippen LogP contribution in [0.1, 0.15) is 32.2 Å². The number of H-pyrrole nitrogens is 1. The third-order valence-corrected chi connectivity index (χ3v) is 5.97. The van der Waals surface area contributed by atoms with Gasteiger partial charge in [0.25, 0.3) is 11.5 Å². The molecule has 0 fully saturated rings. The maximum Gasteiger partial charge on any atom is 0.271 e. The van der Waals surface area contributed by atoms with Gasteiger partial charge in [-0.15, -0.1) is 11.3 Å². The van der Waals surface area contributed by atoms with E-state index in [1.54, 1.807) is 17.4 Å². The number of nitrogens with zero attached hydrogens (tertiary/aromatic N) is 4. The summed E-state index contributed by atoms with van der Waals surface area (Å²) < 4.78 is 1.49. The van der Waals surface area contributed by atoms with Crippen LogP contribution in [-0.4, -0.2) is 36.7 Å². The lowest BCUT2D eigenvalue weighted by molar-refractivity contribution is 0.0729. The number of rotatable bonds is 3. The summed E-state index contributed by atoms with van der Waals surface area (Å²) >= 11 is 1.47. The van der Waals surface area contributed by atoms with E-state index in [0.29, 0.717) is 24.5 Å². The highest BCUT2D eigenvalue weighted by Gasteiger charge is 2.26. The fourth-order valence-electron chi connectivity index (χ4n) is 3.51. The van der Waals surface area contributed by atoms with Crippen molar-refractivity contribution in [3.05, 3.63) is 86.8 Å². The molecule has 0 radical (unpaired) electrons. The average Bonchev–Trinajstić information content (AvgIpc) is 3.35. The topological polar surface area (TPSA) is 83.4 Å². The van der Waals surface area contributed by atoms with Gasteiger partial charge >= 0.3 is 0 Å². The van der Waals surface area contributed by atoms with E-state index in [1.165, 1.54) is 27.5 Å². The second-order valence-electron chi connectivity index (χ2n) is 6.79. The van der Waals surface area contributed by atoms with Crippen LogP contribution in [0.15, 0.2) is 53.8 Å². The van der Waals surface area contributed by atoms with E-state index in [9.17, 15) is 9.59 Å². The molecule has 5 rings (SSSR count). The molecule has 1 aliphatic heterocycles. The lowest BCUT2D eigenvalue weighted by Gasteiger charge is -2.25. The van der Waals surface area contributed by atoms with Crippen molar-refractivity contribution in [1.29, 1.82) is 0 Å². The molecule has 140 valence electrons. The van der Waals surface area contributed by atoms with Gasteiger partial charge in [0.2, 0.25) is 0 Å². The first kappa shape index (κ1) is 16.9. The molecule has 1 aromatic carbocycles. The summed E-state index contributed by atoms with van der Waals surface area (Å²) in [6, 6.07) is 10.1. The predicted octanol–water partition coefficient (Wildman–Crippen LogP) is 2.27. The SMILES string of the molecule is O=C(c1cnc2sc(Cc3ccccc3)cn2c1=O)N1CCc2nc[nH]c2C1. The molecule has 8 heteroatoms. The monoisotopic (exact) mass is 391 g/mol. The Morgan fingerprint density at radius 3 is 2.93 bits per heavy atom. The van der Waals surface area contributed by atoms with Gasteiger partial charge in [-0.25, -0.2) is 9.97 Å². The normalized spacial score (nSPS) is 13.6. The Kier molecular flexibility index (Phi) is 4.05. The largest absolute Gasteiger partial charge is 0.347 e. The second-order valence-corrected chi connectivity index (χ2v) is 7.89. The van der Waals surface area contributed by atoms with Crippen molar-refractivity contribution < 1.29 is 4.79 Å². The fraction of sp³-hybridized carbons (Fsp3) is 0.200. The molecule has 0 aliphatic carbocycles. The number of thiazole rings is 1. The van der Waals surface area contributed by atoms with Crippen LogP contribution in [-0.2, 0) is 19.4 Å². The molecule has 7 nitrogen and oxygen atoms in total. The Bertz CT molecular complexity index is 1220. The van der Waals surface area contributed by atoms with Crippen LogP contribution in [0.2, 0.25) is 0 Å². The smallest absolute Gasteiger partial charge is 0.271 e. The first-order valence-corrected chi connectivity index (χ1v) is 9.85. The summed E-state index contributed by atoms with van der Waals surface area (Å²) in [5, 5.41) is 0. The van der Waals surface area contributed by atoms with Crippen LogP contribution in [0.5, 0.6) is 0 Å². The highest BCUT2D eigenvalue weighted by atomic mass is 32.1. The Balaban J connectivity index is 1.45. The van der Waals surface area contributed by atoms with Crippen LogP contribution < -0.4 is 5.56 Å². The standard InChI is InChI=1S/C20H17N5O2S/c26-18(24-7-6-16-17(11-24)23-12-22-16)15-9-21-20-25(19(15)27)10-14(28-20)8-13-4-2-1-3-5-13/h1-5,9-10,12H,6-8,11H2,(H,22,23). The number of nitrogens with one attached hydrogen (secondary N) is 1. The summed E-state index contributed by atoms with van der Waals surface area (Å²) in [5.41, 5.74) is 2.86. The molecular weight excluding hydrogens is 374 g/mol. The molecule has 1 aliphatic rings. The molecule has 0 spiro atoms. The Labute approximate surface area is 164 Å². The number of aromatic nitrogens is 4. The van der Waals surface area contributed by atoms with E-state index >= 15 is 0 Å². The van der Waals surface area contributed by atoms with Crippen molar-refractivity contribution in [2.24, 2.45) is 0 Å². The van der Waals surface area contributed by atoms with Gasteiger partial charge in [0.15, 0.2) is 4.96 Å². The number of carbonyl (C=O) groups excluding carboxylic acids is 1. The first-order valence-electron chi connectivity index (χ1n) is 9.03. The number of benzene rings is 1. The maximum absolute atomic E-state index is 12.9. The first-order chi connectivity index (χ1) is 13.7. The van der Waals surface area contributed by atoms with Gasteiger partial charge in [0.05, 0.1) is 24.3 Å². The van der Waals surface area contributed by atoms with Crippen molar-refractivity contribution in [2.45, 2.75) is 19.4 Å². The summed E-state index contributed by atoms with van der Waals surface area (Å²) in [6.45, 7) is 0.973. The molecule has 4 heterocycles. The highest BCUT2D eigenvalue weighted by Crippen LogP contribution is 2.20. The van der Waals surface area contributed by atoms with E-state index in [2.05, 4.69) is 27.1 Å². The zero-order chi connectivity index (χ0) is 19.1. The number of amides is 1. The molecular formula is C20H17N5O2S. The van der Waals surface area contributed by atoms with Crippen LogP contribution in [0.3, 0.4) is 0 Å². The van der Waals surface area contributed by atoms with E-state index in [1.807, 2.05) is 18.2 Å². The number of hydrogen-bond acceptors (Lipinski definition) is 5. The van der Waals surface area contributed by atoms with Gasteiger partial charge < -0.3 is 9.88 Å². The van der Waals surface area contributed by atoms with E-state index < -0.39 is 0 Å². The molecule has 28 heavy (non-hydrogen) atoms. The number of hydrogen-bond donors (Lipinski definition) is 1. The van der Waals surface area contributed by atoms with Crippen molar-refractivity contribution in [3.8, 4) is 0 Å². The molecule has 1 N–H and O–H groups in total. The minimum Gasteiger partial charge on any atom is -0.347 e. The number of imidazole rings is 1. The molecule has 0 bridgehead atoms. The second kappa shape index (κ2) is 6.72. The molecule has 0 saturated carbocycles. The quantitative estimate of drug-likeness (QED) is 0.581. The number of carbonyl (C=O) groups is 1. The Morgan fingerprint density at radius 1 is 1.21 bits per heavy atom. The summed E-state index contributed by atoms with van der Waals surface area (Å²) in [6.07, 6.45) is 6.25. The average molecular weight is 391 g/mol. The van der Waals surface area contributed by atoms with Gasteiger partial charge in [-0.1, -0.05) is 30.3 Å². The minimum atomic E-state index is -0.319. The van der Waals surface area contributed by atoms with Crippen molar-refractivity contribution in [2.75, 3.05) is 6.54 Å². The van der Waals surface area contributed by atoms with Crippen molar-refractivity contribution in [1.82, 2.24) is 24.3 Å². The van der Waals surface area contributed by atoms with Crippen LogP contribution in [0.4, 0.5) is 0 Å². The summed E-state index contributed by atoms with van der Waals surface area (Å²) in [5.74, 6) is -0.289. The lowest BCUT2D eigenvalue weighted by atomic mass is 10.1. The molecule has 0 atom stereocenters. The molecule has 0 unspecified atom stereocenters. The van der Waals surface area contributed by atoms with E-state index in [4.69, 9.17) is 0 Å². The van der Waals surface area contributed by atoms with Crippen LogP contribution >= 0.6 is 11.3 Å². The lowest BCUT2D eigenvalue weighted by Crippen LogP contribution is -2.39. The zero-order valence-electron chi connectivity index (χ0n) is 15.0. The third-order valence-electron chi connectivity index (χ3n) is 4.97. The van der Waals surface area contributed by atoms with E-state index in [-0.39, 0.29) is 17.0 Å². The molecule has 3 aromatic heterocycles. The zero-order valence-corrected chi connectivity index (χ0v) is 15.8. The third kappa shape index (κ3) is 2.91. The number of fused-ring (bicyclic) bond motifs is 2. The molecule has 0 saturated heterocycles. The Morgan fingerprint density at radius 2 is 2.07 bits per heavy atom. The maximum atomic E-state index is 12.9. The van der Waals surface area contributed by atoms with Crippen LogP contribution in [0, 0.1) is 0 Å². The number of aromatic amines is 1. The molecule has 4 aromatic rings. The highest BCUT2D eigenvalue weighted by molar-refractivity contribution is 7.17. The van der Waals surface area contributed by atoms with Crippen LogP contribution in [0.25, 0.3) is 4.96 Å². The van der Waals surface area contributed by atoms with Gasteiger partial charge in [0, 0.05) is 36.7 Å². The van der Waals surface area contributed by atoms with Crippen molar-refractivity contribution >= 4 is 22.2 Å². The van der Waals surface area contributed by atoms with Gasteiger partial charge in [-0.05, 0) is 5.56 Å². The summed E-state index contributed by atoms with van der Waals surface area (Å²) in [4.78, 5) is 40.8.